The number of piperidine rings is 1. The molecule has 0 bridgehead atoms. The summed E-state index contributed by atoms with van der Waals surface area (Å²) >= 11 is 0. The Morgan fingerprint density at radius 2 is 1.61 bits per heavy atom. The highest BCUT2D eigenvalue weighted by molar-refractivity contribution is 5.79. The second-order valence-electron chi connectivity index (χ2n) is 7.23. The Morgan fingerprint density at radius 3 is 2.29 bits per heavy atom. The second kappa shape index (κ2) is 10.7. The van der Waals surface area contributed by atoms with Crippen molar-refractivity contribution in [3.63, 3.8) is 0 Å². The van der Waals surface area contributed by atoms with Crippen LogP contribution in [0.15, 0.2) is 53.5 Å². The molecule has 0 amide bonds. The zero-order valence-electron chi connectivity index (χ0n) is 17.1. The smallest absolute Gasteiger partial charge is 0.191 e. The normalized spacial score (nSPS) is 15.3. The number of hydrogen-bond acceptors (Lipinski definition) is 3. The SMILES string of the molecule is CN=C(NCc1ccc(OC)cc1)NCc1ccccc1CN1CCCCC1. The van der Waals surface area contributed by atoms with Crippen LogP contribution in [0.4, 0.5) is 0 Å². The Labute approximate surface area is 168 Å². The number of nitrogens with zero attached hydrogens (tertiary/aromatic N) is 2. The first-order valence-corrected chi connectivity index (χ1v) is 10.1. The van der Waals surface area contributed by atoms with Crippen molar-refractivity contribution in [1.82, 2.24) is 15.5 Å². The molecule has 150 valence electrons. The maximum atomic E-state index is 5.21. The number of aliphatic imine (C=N–C) groups is 1. The fourth-order valence-corrected chi connectivity index (χ4v) is 3.57. The third kappa shape index (κ3) is 5.99. The lowest BCUT2D eigenvalue weighted by atomic mass is 10.0. The van der Waals surface area contributed by atoms with Gasteiger partial charge in [0.25, 0.3) is 0 Å². The predicted octanol–water partition coefficient (Wildman–Crippen LogP) is 3.55. The number of benzene rings is 2. The van der Waals surface area contributed by atoms with Crippen LogP contribution >= 0.6 is 0 Å². The largest absolute Gasteiger partial charge is 0.497 e. The molecular formula is C23H32N4O. The first kappa shape index (κ1) is 20.2. The van der Waals surface area contributed by atoms with Crippen LogP contribution in [-0.2, 0) is 19.6 Å². The monoisotopic (exact) mass is 380 g/mol. The maximum absolute atomic E-state index is 5.21. The number of ether oxygens (including phenoxy) is 1. The summed E-state index contributed by atoms with van der Waals surface area (Å²) in [7, 11) is 3.49. The summed E-state index contributed by atoms with van der Waals surface area (Å²) < 4.78 is 5.21. The Morgan fingerprint density at radius 1 is 0.929 bits per heavy atom. The van der Waals surface area contributed by atoms with Crippen molar-refractivity contribution >= 4 is 5.96 Å². The van der Waals surface area contributed by atoms with Crippen molar-refractivity contribution in [1.29, 1.82) is 0 Å². The van der Waals surface area contributed by atoms with Crippen LogP contribution in [0.1, 0.15) is 36.0 Å². The number of likely N-dealkylation sites (tertiary alicyclic amines) is 1. The summed E-state index contributed by atoms with van der Waals surface area (Å²) in [6.45, 7) is 4.96. The second-order valence-corrected chi connectivity index (χ2v) is 7.23. The molecule has 0 spiro atoms. The van der Waals surface area contributed by atoms with Gasteiger partial charge in [0.1, 0.15) is 5.75 Å². The van der Waals surface area contributed by atoms with E-state index in [-0.39, 0.29) is 0 Å². The molecule has 1 aliphatic rings. The summed E-state index contributed by atoms with van der Waals surface area (Å²) in [5.74, 6) is 1.68. The van der Waals surface area contributed by atoms with Crippen molar-refractivity contribution in [2.24, 2.45) is 4.99 Å². The Kier molecular flexibility index (Phi) is 7.73. The fourth-order valence-electron chi connectivity index (χ4n) is 3.57. The van der Waals surface area contributed by atoms with Crippen LogP contribution in [0.3, 0.4) is 0 Å². The molecule has 1 aliphatic heterocycles. The van der Waals surface area contributed by atoms with Gasteiger partial charge in [-0.25, -0.2) is 0 Å². The highest BCUT2D eigenvalue weighted by Crippen LogP contribution is 2.16. The van der Waals surface area contributed by atoms with E-state index in [0.29, 0.717) is 0 Å². The molecular weight excluding hydrogens is 348 g/mol. The minimum atomic E-state index is 0.721. The lowest BCUT2D eigenvalue weighted by Crippen LogP contribution is -2.36. The van der Waals surface area contributed by atoms with Gasteiger partial charge in [0, 0.05) is 26.7 Å². The van der Waals surface area contributed by atoms with Crippen LogP contribution in [0.2, 0.25) is 0 Å². The highest BCUT2D eigenvalue weighted by Gasteiger charge is 2.12. The molecule has 0 atom stereocenters. The van der Waals surface area contributed by atoms with Gasteiger partial charge in [-0.15, -0.1) is 0 Å². The standard InChI is InChI=1S/C23H32N4O/c1-24-23(25-16-19-10-12-22(28-2)13-11-19)26-17-20-8-4-5-9-21(20)18-27-14-6-3-7-15-27/h4-5,8-13H,3,6-7,14-18H2,1-2H3,(H2,24,25,26). The Balaban J connectivity index is 1.52. The quantitative estimate of drug-likeness (QED) is 0.570. The minimum absolute atomic E-state index is 0.721. The predicted molar refractivity (Wildman–Crippen MR) is 116 cm³/mol. The third-order valence-electron chi connectivity index (χ3n) is 5.25. The van der Waals surface area contributed by atoms with Crippen LogP contribution in [0, 0.1) is 0 Å². The number of methoxy groups -OCH3 is 1. The topological polar surface area (TPSA) is 48.9 Å². The molecule has 3 rings (SSSR count). The van der Waals surface area contributed by atoms with Gasteiger partial charge in [0.05, 0.1) is 7.11 Å². The van der Waals surface area contributed by atoms with E-state index in [1.54, 1.807) is 7.11 Å². The first-order valence-electron chi connectivity index (χ1n) is 10.1. The van der Waals surface area contributed by atoms with E-state index in [0.717, 1.165) is 31.3 Å². The van der Waals surface area contributed by atoms with Gasteiger partial charge < -0.3 is 15.4 Å². The van der Waals surface area contributed by atoms with E-state index in [2.05, 4.69) is 56.9 Å². The van der Waals surface area contributed by atoms with Gasteiger partial charge in [-0.05, 0) is 54.8 Å². The first-order chi connectivity index (χ1) is 13.8. The van der Waals surface area contributed by atoms with E-state index < -0.39 is 0 Å². The van der Waals surface area contributed by atoms with Gasteiger partial charge in [-0.2, -0.15) is 0 Å². The lowest BCUT2D eigenvalue weighted by Gasteiger charge is -2.27. The molecule has 2 aromatic carbocycles. The van der Waals surface area contributed by atoms with Crippen molar-refractivity contribution < 1.29 is 4.74 Å². The molecule has 0 unspecified atom stereocenters. The molecule has 5 heteroatoms. The van der Waals surface area contributed by atoms with Gasteiger partial charge in [0.2, 0.25) is 0 Å². The zero-order chi connectivity index (χ0) is 19.6. The number of guanidine groups is 1. The molecule has 1 heterocycles. The molecule has 0 aromatic heterocycles. The van der Waals surface area contributed by atoms with Crippen LogP contribution < -0.4 is 15.4 Å². The van der Waals surface area contributed by atoms with E-state index in [9.17, 15) is 0 Å². The van der Waals surface area contributed by atoms with Gasteiger partial charge >= 0.3 is 0 Å². The molecule has 2 N–H and O–H groups in total. The summed E-state index contributed by atoms with van der Waals surface area (Å²) in [4.78, 5) is 6.93. The number of rotatable bonds is 7. The van der Waals surface area contributed by atoms with Gasteiger partial charge in [-0.3, -0.25) is 9.89 Å². The van der Waals surface area contributed by atoms with Gasteiger partial charge in [0.15, 0.2) is 5.96 Å². The Bertz CT molecular complexity index is 751. The molecule has 5 nitrogen and oxygen atoms in total. The molecule has 0 aliphatic carbocycles. The Hall–Kier alpha value is -2.53. The summed E-state index contributed by atoms with van der Waals surface area (Å²) in [6.07, 6.45) is 4.01. The average Bonchev–Trinajstić information content (AvgIpc) is 2.76. The average molecular weight is 381 g/mol. The van der Waals surface area contributed by atoms with Crippen molar-refractivity contribution in [3.05, 3.63) is 65.2 Å². The zero-order valence-corrected chi connectivity index (χ0v) is 17.1. The summed E-state index contributed by atoms with van der Waals surface area (Å²) in [5, 5.41) is 6.83. The third-order valence-corrected chi connectivity index (χ3v) is 5.25. The number of nitrogens with one attached hydrogen (secondary N) is 2. The summed E-state index contributed by atoms with van der Waals surface area (Å²) in [6, 6.07) is 16.8. The van der Waals surface area contributed by atoms with E-state index in [4.69, 9.17) is 4.74 Å². The molecule has 0 radical (unpaired) electrons. The molecule has 1 saturated heterocycles. The van der Waals surface area contributed by atoms with E-state index in [1.165, 1.54) is 49.0 Å². The number of hydrogen-bond donors (Lipinski definition) is 2. The molecule has 2 aromatic rings. The lowest BCUT2D eigenvalue weighted by molar-refractivity contribution is 0.220. The van der Waals surface area contributed by atoms with Gasteiger partial charge in [-0.1, -0.05) is 42.8 Å². The van der Waals surface area contributed by atoms with Crippen molar-refractivity contribution in [3.8, 4) is 5.75 Å². The maximum Gasteiger partial charge on any atom is 0.191 e. The van der Waals surface area contributed by atoms with E-state index in [1.807, 2.05) is 19.2 Å². The summed E-state index contributed by atoms with van der Waals surface area (Å²) in [5.41, 5.74) is 3.93. The fraction of sp³-hybridized carbons (Fsp3) is 0.435. The minimum Gasteiger partial charge on any atom is -0.497 e. The molecule has 0 saturated carbocycles. The van der Waals surface area contributed by atoms with Crippen LogP contribution in [0.25, 0.3) is 0 Å². The van der Waals surface area contributed by atoms with Crippen LogP contribution in [0.5, 0.6) is 5.75 Å². The van der Waals surface area contributed by atoms with E-state index >= 15 is 0 Å². The van der Waals surface area contributed by atoms with Crippen LogP contribution in [-0.4, -0.2) is 38.1 Å². The van der Waals surface area contributed by atoms with Crippen molar-refractivity contribution in [2.75, 3.05) is 27.2 Å². The van der Waals surface area contributed by atoms with Crippen molar-refractivity contribution in [2.45, 2.75) is 38.9 Å². The molecule has 28 heavy (non-hydrogen) atoms. The molecule has 1 fully saturated rings. The highest BCUT2D eigenvalue weighted by atomic mass is 16.5.